The topological polar surface area (TPSA) is 58.0 Å². The molecule has 1 aromatic heterocycles. The third-order valence-corrected chi connectivity index (χ3v) is 7.05. The molecule has 1 saturated carbocycles. The molecule has 4 heteroatoms. The zero-order valence-electron chi connectivity index (χ0n) is 20.2. The predicted octanol–water partition coefficient (Wildman–Crippen LogP) is 7.68. The average molecular weight is 464 g/mol. The first-order chi connectivity index (χ1) is 17.1. The van der Waals surface area contributed by atoms with Crippen LogP contribution in [0.25, 0.3) is 22.0 Å². The summed E-state index contributed by atoms with van der Waals surface area (Å²) in [6.45, 7) is 4.30. The van der Waals surface area contributed by atoms with Crippen LogP contribution in [-0.2, 0) is 12.8 Å². The second-order valence-electron chi connectivity index (χ2n) is 9.73. The molecule has 0 aliphatic heterocycles. The number of anilines is 1. The molecule has 0 amide bonds. The maximum atomic E-state index is 9.65. The third kappa shape index (κ3) is 5.89. The van der Waals surface area contributed by atoms with Crippen molar-refractivity contribution in [3.8, 4) is 17.0 Å². The van der Waals surface area contributed by atoms with Gasteiger partial charge in [0.1, 0.15) is 5.75 Å². The van der Waals surface area contributed by atoms with Gasteiger partial charge in [-0.05, 0) is 59.4 Å². The molecular weight excluding hydrogens is 430 g/mol. The monoisotopic (exact) mass is 463 g/mol. The highest BCUT2D eigenvalue weighted by molar-refractivity contribution is 5.83. The molecule has 0 saturated heterocycles. The van der Waals surface area contributed by atoms with Crippen molar-refractivity contribution in [3.05, 3.63) is 96.5 Å². The summed E-state index contributed by atoms with van der Waals surface area (Å²) in [4.78, 5) is 9.79. The van der Waals surface area contributed by atoms with Gasteiger partial charge in [-0.1, -0.05) is 81.1 Å². The van der Waals surface area contributed by atoms with Gasteiger partial charge in [0, 0.05) is 17.7 Å². The number of nitrogens with zero attached hydrogens (tertiary/aromatic N) is 2. The minimum absolute atomic E-state index is 0.252. The summed E-state index contributed by atoms with van der Waals surface area (Å²) < 4.78 is 0. The lowest BCUT2D eigenvalue weighted by molar-refractivity contribution is 0.338. The second-order valence-corrected chi connectivity index (χ2v) is 9.73. The van der Waals surface area contributed by atoms with Gasteiger partial charge in [0.05, 0.1) is 17.6 Å². The number of phenolic OH excluding ortho intramolecular Hbond substituents is 1. The molecule has 1 aliphatic rings. The third-order valence-electron chi connectivity index (χ3n) is 7.05. The summed E-state index contributed by atoms with van der Waals surface area (Å²) in [7, 11) is 0. The standard InChI is InChI=1S/C31H33N3O/c1-22(19-24-11-13-25-9-5-6-10-27(25)20-24)33-31-29(18-12-23-7-3-2-4-8-23)34-30(21-32-31)26-14-16-28(35)17-15-26/h5-6,9-11,13-17,20-21,23,35H,1-4,7-8,12,18-19H2,(H,32,33). The normalized spacial score (nSPS) is 14.2. The van der Waals surface area contributed by atoms with Crippen molar-refractivity contribution < 1.29 is 5.11 Å². The number of aromatic nitrogens is 2. The zero-order valence-corrected chi connectivity index (χ0v) is 20.2. The van der Waals surface area contributed by atoms with Crippen LogP contribution in [0.1, 0.15) is 49.8 Å². The van der Waals surface area contributed by atoms with Crippen molar-refractivity contribution in [1.29, 1.82) is 0 Å². The van der Waals surface area contributed by atoms with Crippen LogP contribution in [0.2, 0.25) is 0 Å². The summed E-state index contributed by atoms with van der Waals surface area (Å²) in [6.07, 6.45) is 11.3. The van der Waals surface area contributed by atoms with Crippen LogP contribution in [-0.4, -0.2) is 15.1 Å². The van der Waals surface area contributed by atoms with Gasteiger partial charge in [-0.15, -0.1) is 0 Å². The Labute approximate surface area is 207 Å². The zero-order chi connectivity index (χ0) is 24.0. The number of hydrogen-bond donors (Lipinski definition) is 2. The van der Waals surface area contributed by atoms with Gasteiger partial charge in [0.15, 0.2) is 5.82 Å². The number of aryl methyl sites for hydroxylation is 1. The Hall–Kier alpha value is -3.66. The number of hydrogen-bond acceptors (Lipinski definition) is 4. The van der Waals surface area contributed by atoms with E-state index in [0.717, 1.165) is 53.6 Å². The molecule has 0 atom stereocenters. The van der Waals surface area contributed by atoms with Crippen LogP contribution in [0.5, 0.6) is 5.75 Å². The fraction of sp³-hybridized carbons (Fsp3) is 0.290. The highest BCUT2D eigenvalue weighted by Crippen LogP contribution is 2.29. The molecule has 5 rings (SSSR count). The fourth-order valence-electron chi connectivity index (χ4n) is 5.10. The minimum Gasteiger partial charge on any atom is -0.508 e. The van der Waals surface area contributed by atoms with Crippen LogP contribution in [0, 0.1) is 5.92 Å². The molecule has 178 valence electrons. The summed E-state index contributed by atoms with van der Waals surface area (Å²) in [6, 6.07) is 22.1. The molecule has 3 aromatic carbocycles. The summed E-state index contributed by atoms with van der Waals surface area (Å²) in [5.41, 5.74) is 4.90. The van der Waals surface area contributed by atoms with Crippen LogP contribution in [0.3, 0.4) is 0 Å². The van der Waals surface area contributed by atoms with Crippen LogP contribution in [0.4, 0.5) is 5.82 Å². The van der Waals surface area contributed by atoms with Crippen molar-refractivity contribution in [2.75, 3.05) is 5.32 Å². The Balaban J connectivity index is 1.35. The highest BCUT2D eigenvalue weighted by atomic mass is 16.3. The van der Waals surface area contributed by atoms with Gasteiger partial charge < -0.3 is 10.4 Å². The summed E-state index contributed by atoms with van der Waals surface area (Å²) in [5.74, 6) is 1.83. The number of allylic oxidation sites excluding steroid dienone is 1. The lowest BCUT2D eigenvalue weighted by Crippen LogP contribution is -2.11. The highest BCUT2D eigenvalue weighted by Gasteiger charge is 2.16. The summed E-state index contributed by atoms with van der Waals surface area (Å²) in [5, 5.41) is 15.6. The molecule has 2 N–H and O–H groups in total. The van der Waals surface area contributed by atoms with Gasteiger partial charge in [0.2, 0.25) is 0 Å². The number of fused-ring (bicyclic) bond motifs is 1. The van der Waals surface area contributed by atoms with Crippen LogP contribution >= 0.6 is 0 Å². The van der Waals surface area contributed by atoms with E-state index in [2.05, 4.69) is 54.4 Å². The first-order valence-electron chi connectivity index (χ1n) is 12.7. The minimum atomic E-state index is 0.252. The number of phenols is 1. The first kappa shape index (κ1) is 23.1. The molecule has 35 heavy (non-hydrogen) atoms. The van der Waals surface area contributed by atoms with E-state index in [-0.39, 0.29) is 5.75 Å². The van der Waals surface area contributed by atoms with E-state index < -0.39 is 0 Å². The van der Waals surface area contributed by atoms with Gasteiger partial charge in [-0.3, -0.25) is 0 Å². The van der Waals surface area contributed by atoms with Crippen LogP contribution in [0.15, 0.2) is 85.2 Å². The van der Waals surface area contributed by atoms with E-state index in [1.54, 1.807) is 12.1 Å². The van der Waals surface area contributed by atoms with E-state index in [1.165, 1.54) is 48.4 Å². The Morgan fingerprint density at radius 3 is 2.51 bits per heavy atom. The van der Waals surface area contributed by atoms with E-state index in [4.69, 9.17) is 9.97 Å². The van der Waals surface area contributed by atoms with Crippen LogP contribution < -0.4 is 5.32 Å². The number of aromatic hydroxyl groups is 1. The molecule has 1 aliphatic carbocycles. The van der Waals surface area contributed by atoms with Gasteiger partial charge in [0.25, 0.3) is 0 Å². The van der Waals surface area contributed by atoms with E-state index >= 15 is 0 Å². The largest absolute Gasteiger partial charge is 0.508 e. The lowest BCUT2D eigenvalue weighted by Gasteiger charge is -2.22. The number of rotatable bonds is 8. The quantitative estimate of drug-likeness (QED) is 0.281. The second kappa shape index (κ2) is 10.7. The number of benzene rings is 3. The predicted molar refractivity (Wildman–Crippen MR) is 144 cm³/mol. The fourth-order valence-corrected chi connectivity index (χ4v) is 5.10. The van der Waals surface area contributed by atoms with Crippen molar-refractivity contribution in [3.63, 3.8) is 0 Å². The van der Waals surface area contributed by atoms with E-state index in [1.807, 2.05) is 18.3 Å². The van der Waals surface area contributed by atoms with Crippen molar-refractivity contribution in [1.82, 2.24) is 9.97 Å². The van der Waals surface area contributed by atoms with E-state index in [0.29, 0.717) is 0 Å². The molecule has 4 nitrogen and oxygen atoms in total. The lowest BCUT2D eigenvalue weighted by atomic mass is 9.86. The smallest absolute Gasteiger partial charge is 0.151 e. The first-order valence-corrected chi connectivity index (χ1v) is 12.7. The maximum Gasteiger partial charge on any atom is 0.151 e. The molecule has 4 aromatic rings. The van der Waals surface area contributed by atoms with Gasteiger partial charge >= 0.3 is 0 Å². The molecule has 0 unspecified atom stereocenters. The van der Waals surface area contributed by atoms with Crippen molar-refractivity contribution in [2.45, 2.75) is 51.4 Å². The molecule has 1 fully saturated rings. The van der Waals surface area contributed by atoms with Gasteiger partial charge in [-0.25, -0.2) is 9.97 Å². The maximum absolute atomic E-state index is 9.65. The molecular formula is C31H33N3O. The van der Waals surface area contributed by atoms with Gasteiger partial charge in [-0.2, -0.15) is 0 Å². The van der Waals surface area contributed by atoms with Crippen molar-refractivity contribution in [2.24, 2.45) is 5.92 Å². The molecule has 0 bridgehead atoms. The SMILES string of the molecule is C=C(Cc1ccc2ccccc2c1)Nc1ncc(-c2ccc(O)cc2)nc1CCC1CCCCC1. The Kier molecular flexibility index (Phi) is 7.08. The Morgan fingerprint density at radius 1 is 0.943 bits per heavy atom. The molecule has 0 radical (unpaired) electrons. The van der Waals surface area contributed by atoms with E-state index in [9.17, 15) is 5.11 Å². The van der Waals surface area contributed by atoms with Crippen molar-refractivity contribution >= 4 is 16.6 Å². The Morgan fingerprint density at radius 2 is 1.71 bits per heavy atom. The molecule has 0 spiro atoms. The average Bonchev–Trinajstić information content (AvgIpc) is 2.89. The Bertz CT molecular complexity index is 1310. The number of nitrogens with one attached hydrogen (secondary N) is 1. The molecule has 1 heterocycles. The summed E-state index contributed by atoms with van der Waals surface area (Å²) >= 11 is 0.